The third-order valence-corrected chi connectivity index (χ3v) is 6.00. The third kappa shape index (κ3) is 2.97. The Morgan fingerprint density at radius 1 is 1.45 bits per heavy atom. The van der Waals surface area contributed by atoms with E-state index in [1.807, 2.05) is 22.6 Å². The maximum Gasteiger partial charge on any atom is 0.336 e. The molecule has 2 rings (SSSR count). The summed E-state index contributed by atoms with van der Waals surface area (Å²) < 4.78 is 26.5. The number of β-amino-alcohol motifs (C(OH)–C–C–N with tert-alkyl or cyclic N) is 1. The number of hydrogen-bond donors (Lipinski definition) is 2. The number of hydrogen-bond acceptors (Lipinski definition) is 4. The number of halogens is 1. The molecular weight excluding hydrogens is 397 g/mol. The number of aliphatic hydroxyl groups is 1. The molecule has 1 saturated heterocycles. The van der Waals surface area contributed by atoms with Crippen molar-refractivity contribution in [2.75, 3.05) is 13.1 Å². The van der Waals surface area contributed by atoms with Crippen LogP contribution in [0.25, 0.3) is 0 Å². The molecule has 110 valence electrons. The van der Waals surface area contributed by atoms with Crippen molar-refractivity contribution in [3.05, 3.63) is 27.3 Å². The highest BCUT2D eigenvalue weighted by molar-refractivity contribution is 14.1. The lowest BCUT2D eigenvalue weighted by Crippen LogP contribution is -2.34. The van der Waals surface area contributed by atoms with E-state index in [9.17, 15) is 18.3 Å². The molecule has 20 heavy (non-hydrogen) atoms. The summed E-state index contributed by atoms with van der Waals surface area (Å²) >= 11 is 1.84. The molecule has 1 atom stereocenters. The van der Waals surface area contributed by atoms with Gasteiger partial charge in [0.2, 0.25) is 10.0 Å². The number of nitrogens with zero attached hydrogens (tertiary/aromatic N) is 1. The van der Waals surface area contributed by atoms with Gasteiger partial charge in [-0.2, -0.15) is 4.31 Å². The lowest BCUT2D eigenvalue weighted by Gasteiger charge is -2.19. The van der Waals surface area contributed by atoms with Crippen molar-refractivity contribution in [3.8, 4) is 0 Å². The predicted molar refractivity (Wildman–Crippen MR) is 80.1 cm³/mol. The lowest BCUT2D eigenvalue weighted by atomic mass is 10.1. The standard InChI is InChI=1S/C12H14INO5S/c1-12(17)4-5-14(7-12)20(18,19)8-2-3-10(13)9(6-8)11(15)16/h2-3,6,17H,4-5,7H2,1H3,(H,15,16). The van der Waals surface area contributed by atoms with Gasteiger partial charge in [0.15, 0.2) is 0 Å². The van der Waals surface area contributed by atoms with E-state index in [0.29, 0.717) is 9.99 Å². The number of rotatable bonds is 3. The number of carboxylic acids is 1. The number of sulfonamides is 1. The monoisotopic (exact) mass is 411 g/mol. The molecule has 1 aromatic rings. The van der Waals surface area contributed by atoms with Gasteiger partial charge in [-0.25, -0.2) is 13.2 Å². The predicted octanol–water partition coefficient (Wildman–Crippen LogP) is 1.13. The SMILES string of the molecule is CC1(O)CCN(S(=O)(=O)c2ccc(I)c(C(=O)O)c2)C1. The first kappa shape index (κ1) is 15.7. The van der Waals surface area contributed by atoms with Crippen molar-refractivity contribution in [3.63, 3.8) is 0 Å². The van der Waals surface area contributed by atoms with Crippen LogP contribution in [0.15, 0.2) is 23.1 Å². The average Bonchev–Trinajstić information content (AvgIpc) is 2.70. The summed E-state index contributed by atoms with van der Waals surface area (Å²) in [7, 11) is -3.78. The Hall–Kier alpha value is -0.710. The molecule has 0 spiro atoms. The largest absolute Gasteiger partial charge is 0.478 e. The Morgan fingerprint density at radius 3 is 2.60 bits per heavy atom. The normalized spacial score (nSPS) is 23.9. The van der Waals surface area contributed by atoms with Crippen LogP contribution in [0.1, 0.15) is 23.7 Å². The Labute approximate surface area is 130 Å². The molecule has 1 heterocycles. The fourth-order valence-electron chi connectivity index (χ4n) is 2.09. The van der Waals surface area contributed by atoms with Crippen LogP contribution in [-0.2, 0) is 10.0 Å². The highest BCUT2D eigenvalue weighted by Crippen LogP contribution is 2.28. The van der Waals surface area contributed by atoms with Gasteiger partial charge in [-0.05, 0) is 54.1 Å². The van der Waals surface area contributed by atoms with Crippen LogP contribution in [0, 0.1) is 3.57 Å². The maximum absolute atomic E-state index is 12.4. The van der Waals surface area contributed by atoms with Crippen LogP contribution in [0.5, 0.6) is 0 Å². The first-order chi connectivity index (χ1) is 9.13. The van der Waals surface area contributed by atoms with Gasteiger partial charge >= 0.3 is 5.97 Å². The van der Waals surface area contributed by atoms with Gasteiger partial charge in [-0.3, -0.25) is 0 Å². The fourth-order valence-corrected chi connectivity index (χ4v) is 4.24. The molecule has 6 nitrogen and oxygen atoms in total. The fraction of sp³-hybridized carbons (Fsp3) is 0.417. The summed E-state index contributed by atoms with van der Waals surface area (Å²) in [6.07, 6.45) is 0.363. The molecule has 2 N–H and O–H groups in total. The second-order valence-electron chi connectivity index (χ2n) is 5.03. The van der Waals surface area contributed by atoms with Crippen molar-refractivity contribution < 1.29 is 23.4 Å². The Balaban J connectivity index is 2.41. The van der Waals surface area contributed by atoms with Gasteiger partial charge in [0.05, 0.1) is 16.1 Å². The third-order valence-electron chi connectivity index (χ3n) is 3.22. The van der Waals surface area contributed by atoms with Crippen molar-refractivity contribution >= 4 is 38.6 Å². The summed E-state index contributed by atoms with van der Waals surface area (Å²) in [6, 6.07) is 4.01. The number of benzene rings is 1. The molecule has 0 radical (unpaired) electrons. The van der Waals surface area contributed by atoms with Crippen LogP contribution in [0.3, 0.4) is 0 Å². The zero-order valence-electron chi connectivity index (χ0n) is 10.7. The minimum absolute atomic E-state index is 0.0176. The van der Waals surface area contributed by atoms with E-state index >= 15 is 0 Å². The zero-order chi connectivity index (χ0) is 15.1. The van der Waals surface area contributed by atoms with Gasteiger partial charge in [-0.1, -0.05) is 0 Å². The van der Waals surface area contributed by atoms with Crippen LogP contribution < -0.4 is 0 Å². The van der Waals surface area contributed by atoms with E-state index < -0.39 is 21.6 Å². The minimum Gasteiger partial charge on any atom is -0.478 e. The Kier molecular flexibility index (Phi) is 4.11. The molecule has 1 fully saturated rings. The maximum atomic E-state index is 12.4. The number of carbonyl (C=O) groups is 1. The molecule has 0 bridgehead atoms. The summed E-state index contributed by atoms with van der Waals surface area (Å²) in [5, 5.41) is 18.9. The first-order valence-corrected chi connectivity index (χ1v) is 8.41. The Morgan fingerprint density at radius 2 is 2.10 bits per heavy atom. The van der Waals surface area contributed by atoms with Crippen LogP contribution in [0.4, 0.5) is 0 Å². The van der Waals surface area contributed by atoms with Crippen molar-refractivity contribution in [1.82, 2.24) is 4.31 Å². The second kappa shape index (κ2) is 5.24. The molecule has 0 aromatic heterocycles. The molecule has 1 aromatic carbocycles. The molecule has 0 saturated carbocycles. The number of aromatic carboxylic acids is 1. The van der Waals surface area contributed by atoms with Gasteiger partial charge in [-0.15, -0.1) is 0 Å². The lowest BCUT2D eigenvalue weighted by molar-refractivity contribution is 0.0694. The van der Waals surface area contributed by atoms with E-state index in [1.54, 1.807) is 6.92 Å². The molecule has 8 heteroatoms. The topological polar surface area (TPSA) is 94.9 Å². The van der Waals surface area contributed by atoms with Crippen LogP contribution in [0.2, 0.25) is 0 Å². The minimum atomic E-state index is -3.78. The molecule has 0 amide bonds. The van der Waals surface area contributed by atoms with Gasteiger partial charge in [0.1, 0.15) is 0 Å². The molecule has 1 aliphatic rings. The van der Waals surface area contributed by atoms with Crippen molar-refractivity contribution in [2.45, 2.75) is 23.8 Å². The Bertz CT molecular complexity index is 656. The summed E-state index contributed by atoms with van der Waals surface area (Å²) in [4.78, 5) is 11.0. The highest BCUT2D eigenvalue weighted by Gasteiger charge is 2.38. The van der Waals surface area contributed by atoms with Crippen LogP contribution >= 0.6 is 22.6 Å². The first-order valence-electron chi connectivity index (χ1n) is 5.89. The van der Waals surface area contributed by atoms with E-state index in [4.69, 9.17) is 5.11 Å². The molecular formula is C12H14INO5S. The van der Waals surface area contributed by atoms with E-state index in [2.05, 4.69) is 0 Å². The highest BCUT2D eigenvalue weighted by atomic mass is 127. The summed E-state index contributed by atoms with van der Waals surface area (Å²) in [5.74, 6) is -1.17. The molecule has 0 aliphatic carbocycles. The summed E-state index contributed by atoms with van der Waals surface area (Å²) in [6.45, 7) is 1.83. The molecule has 1 unspecified atom stereocenters. The van der Waals surface area contributed by atoms with Gasteiger partial charge in [0.25, 0.3) is 0 Å². The van der Waals surface area contributed by atoms with E-state index in [0.717, 1.165) is 6.07 Å². The zero-order valence-corrected chi connectivity index (χ0v) is 13.7. The molecule has 1 aliphatic heterocycles. The van der Waals surface area contributed by atoms with E-state index in [-0.39, 0.29) is 23.5 Å². The number of carboxylic acid groups (broad SMARTS) is 1. The second-order valence-corrected chi connectivity index (χ2v) is 8.13. The average molecular weight is 411 g/mol. The van der Waals surface area contributed by atoms with Crippen molar-refractivity contribution in [2.24, 2.45) is 0 Å². The van der Waals surface area contributed by atoms with Gasteiger partial charge < -0.3 is 10.2 Å². The van der Waals surface area contributed by atoms with Crippen molar-refractivity contribution in [1.29, 1.82) is 0 Å². The quantitative estimate of drug-likeness (QED) is 0.728. The summed E-state index contributed by atoms with van der Waals surface area (Å²) in [5.41, 5.74) is -1.08. The van der Waals surface area contributed by atoms with Gasteiger partial charge in [0, 0.05) is 16.7 Å². The smallest absolute Gasteiger partial charge is 0.336 e. The van der Waals surface area contributed by atoms with Crippen LogP contribution in [-0.4, -0.2) is 47.6 Å². The van der Waals surface area contributed by atoms with E-state index in [1.165, 1.54) is 16.4 Å².